The largest absolute Gasteiger partial charge is 0.353 e. The Kier molecular flexibility index (Phi) is 3.34. The van der Waals surface area contributed by atoms with E-state index in [1.54, 1.807) is 0 Å². The van der Waals surface area contributed by atoms with Crippen molar-refractivity contribution >= 4 is 29.4 Å². The molecule has 3 aliphatic heterocycles. The number of anilines is 1. The number of likely N-dealkylation sites (tertiary alicyclic amines) is 1. The molecule has 5 nitrogen and oxygen atoms in total. The molecule has 124 valence electrons. The number of rotatable bonds is 3. The SMILES string of the molecule is CCCN1C(=O)[C@@H]2[C@H](C1=O)[C@H](C(C)=O)N1c3ccccc3C=C[C@@H]21. The summed E-state index contributed by atoms with van der Waals surface area (Å²) in [4.78, 5) is 41.5. The number of nitrogens with zero attached hydrogens (tertiary/aromatic N) is 2. The molecule has 0 saturated carbocycles. The number of amides is 2. The zero-order valence-corrected chi connectivity index (χ0v) is 13.8. The van der Waals surface area contributed by atoms with Crippen LogP contribution in [0.25, 0.3) is 6.08 Å². The highest BCUT2D eigenvalue weighted by atomic mass is 16.2. The van der Waals surface area contributed by atoms with Crippen LogP contribution in [0.15, 0.2) is 30.3 Å². The summed E-state index contributed by atoms with van der Waals surface area (Å²) in [5.41, 5.74) is 1.95. The molecule has 2 fully saturated rings. The molecule has 0 aromatic heterocycles. The lowest BCUT2D eigenvalue weighted by molar-refractivity contribution is -0.141. The van der Waals surface area contributed by atoms with Gasteiger partial charge in [-0.1, -0.05) is 37.3 Å². The smallest absolute Gasteiger partial charge is 0.235 e. The average Bonchev–Trinajstić information content (AvgIpc) is 3.04. The Bertz CT molecular complexity index is 770. The lowest BCUT2D eigenvalue weighted by atomic mass is 9.88. The molecular formula is C19H20N2O3. The molecule has 2 amide bonds. The van der Waals surface area contributed by atoms with E-state index < -0.39 is 17.9 Å². The van der Waals surface area contributed by atoms with Gasteiger partial charge in [-0.05, 0) is 25.0 Å². The van der Waals surface area contributed by atoms with Crippen molar-refractivity contribution in [2.45, 2.75) is 32.4 Å². The Morgan fingerprint density at radius 1 is 1.12 bits per heavy atom. The number of carbonyl (C=O) groups is 3. The molecule has 5 heteroatoms. The molecule has 3 aliphatic rings. The van der Waals surface area contributed by atoms with Gasteiger partial charge in [0.15, 0.2) is 5.78 Å². The third-order valence-corrected chi connectivity index (χ3v) is 5.37. The van der Waals surface area contributed by atoms with Crippen molar-refractivity contribution in [2.75, 3.05) is 11.4 Å². The van der Waals surface area contributed by atoms with E-state index in [9.17, 15) is 14.4 Å². The summed E-state index contributed by atoms with van der Waals surface area (Å²) in [6.07, 6.45) is 4.70. The summed E-state index contributed by atoms with van der Waals surface area (Å²) in [7, 11) is 0. The van der Waals surface area contributed by atoms with E-state index in [0.717, 1.165) is 17.7 Å². The van der Waals surface area contributed by atoms with Gasteiger partial charge in [0, 0.05) is 12.2 Å². The summed E-state index contributed by atoms with van der Waals surface area (Å²) >= 11 is 0. The Morgan fingerprint density at radius 2 is 1.83 bits per heavy atom. The van der Waals surface area contributed by atoms with Gasteiger partial charge in [0.25, 0.3) is 0 Å². The van der Waals surface area contributed by atoms with E-state index in [2.05, 4.69) is 0 Å². The molecule has 4 atom stereocenters. The van der Waals surface area contributed by atoms with Crippen molar-refractivity contribution in [1.29, 1.82) is 0 Å². The maximum Gasteiger partial charge on any atom is 0.235 e. The van der Waals surface area contributed by atoms with Crippen molar-refractivity contribution in [1.82, 2.24) is 4.90 Å². The van der Waals surface area contributed by atoms with E-state index >= 15 is 0 Å². The highest BCUT2D eigenvalue weighted by molar-refractivity contribution is 6.10. The number of hydrogen-bond donors (Lipinski definition) is 0. The van der Waals surface area contributed by atoms with E-state index in [4.69, 9.17) is 0 Å². The molecule has 24 heavy (non-hydrogen) atoms. The summed E-state index contributed by atoms with van der Waals surface area (Å²) < 4.78 is 0. The van der Waals surface area contributed by atoms with Crippen LogP contribution < -0.4 is 4.90 Å². The molecule has 2 saturated heterocycles. The predicted molar refractivity (Wildman–Crippen MR) is 90.2 cm³/mol. The lowest BCUT2D eigenvalue weighted by Gasteiger charge is -2.36. The Balaban J connectivity index is 1.84. The van der Waals surface area contributed by atoms with Crippen LogP contribution in [-0.4, -0.2) is 41.1 Å². The van der Waals surface area contributed by atoms with Crippen LogP contribution in [0.4, 0.5) is 5.69 Å². The number of ketones is 1. The molecular weight excluding hydrogens is 304 g/mol. The monoisotopic (exact) mass is 324 g/mol. The van der Waals surface area contributed by atoms with Gasteiger partial charge < -0.3 is 4.90 Å². The third-order valence-electron chi connectivity index (χ3n) is 5.37. The second-order valence-electron chi connectivity index (χ2n) is 6.75. The number of para-hydroxylation sites is 1. The first-order valence-corrected chi connectivity index (χ1v) is 8.47. The molecule has 1 aromatic carbocycles. The fraction of sp³-hybridized carbons (Fsp3) is 0.421. The number of fused-ring (bicyclic) bond motifs is 5. The summed E-state index contributed by atoms with van der Waals surface area (Å²) in [6.45, 7) is 3.90. The van der Waals surface area contributed by atoms with Crippen molar-refractivity contribution in [3.63, 3.8) is 0 Å². The number of hydrogen-bond acceptors (Lipinski definition) is 4. The van der Waals surface area contributed by atoms with Gasteiger partial charge in [-0.25, -0.2) is 0 Å². The van der Waals surface area contributed by atoms with Crippen molar-refractivity contribution in [3.8, 4) is 0 Å². The van der Waals surface area contributed by atoms with E-state index in [1.807, 2.05) is 48.2 Å². The van der Waals surface area contributed by atoms with Gasteiger partial charge >= 0.3 is 0 Å². The number of Topliss-reactive ketones (excluding diaryl/α,β-unsaturated/α-hetero) is 1. The quantitative estimate of drug-likeness (QED) is 0.797. The molecule has 0 N–H and O–H groups in total. The number of carbonyl (C=O) groups excluding carboxylic acids is 3. The summed E-state index contributed by atoms with van der Waals surface area (Å²) in [5.74, 6) is -1.40. The standard InChI is InChI=1S/C19H20N2O3/c1-3-10-20-18(23)15-14-9-8-12-6-4-5-7-13(12)21(14)17(11(2)22)16(15)19(20)24/h4-9,14-17H,3,10H2,1-2H3/t14-,15-,16-,17-/m0/s1. The average molecular weight is 324 g/mol. The molecule has 0 radical (unpaired) electrons. The zero-order chi connectivity index (χ0) is 17.0. The second kappa shape index (κ2) is 5.30. The van der Waals surface area contributed by atoms with Crippen molar-refractivity contribution in [2.24, 2.45) is 11.8 Å². The van der Waals surface area contributed by atoms with Crippen LogP contribution in [0.3, 0.4) is 0 Å². The zero-order valence-electron chi connectivity index (χ0n) is 13.8. The third kappa shape index (κ3) is 1.84. The normalized spacial score (nSPS) is 30.4. The first kappa shape index (κ1) is 15.1. The fourth-order valence-electron chi connectivity index (χ4n) is 4.48. The molecule has 1 aromatic rings. The summed E-state index contributed by atoms with van der Waals surface area (Å²) in [5, 5.41) is 0. The van der Waals surface area contributed by atoms with Gasteiger partial charge in [0.2, 0.25) is 11.8 Å². The van der Waals surface area contributed by atoms with Crippen molar-refractivity contribution < 1.29 is 14.4 Å². The van der Waals surface area contributed by atoms with Crippen LogP contribution in [0.1, 0.15) is 25.8 Å². The highest BCUT2D eigenvalue weighted by Crippen LogP contribution is 2.48. The Labute approximate surface area is 140 Å². The van der Waals surface area contributed by atoms with Crippen LogP contribution >= 0.6 is 0 Å². The van der Waals surface area contributed by atoms with Crippen LogP contribution in [0.5, 0.6) is 0 Å². The topological polar surface area (TPSA) is 57.7 Å². The molecule has 0 spiro atoms. The molecule has 4 rings (SSSR count). The molecule has 0 bridgehead atoms. The van der Waals surface area contributed by atoms with Gasteiger partial charge in [0.05, 0.1) is 17.9 Å². The van der Waals surface area contributed by atoms with Crippen LogP contribution in [0.2, 0.25) is 0 Å². The Morgan fingerprint density at radius 3 is 2.54 bits per heavy atom. The van der Waals surface area contributed by atoms with E-state index in [-0.39, 0.29) is 23.6 Å². The van der Waals surface area contributed by atoms with Crippen LogP contribution in [-0.2, 0) is 14.4 Å². The van der Waals surface area contributed by atoms with Gasteiger partial charge in [-0.3, -0.25) is 19.3 Å². The first-order chi connectivity index (χ1) is 11.6. The maximum absolute atomic E-state index is 12.9. The van der Waals surface area contributed by atoms with Gasteiger partial charge in [0.1, 0.15) is 6.04 Å². The minimum atomic E-state index is -0.567. The molecule has 0 unspecified atom stereocenters. The molecule has 3 heterocycles. The number of imide groups is 1. The maximum atomic E-state index is 12.9. The van der Waals surface area contributed by atoms with Crippen molar-refractivity contribution in [3.05, 3.63) is 35.9 Å². The minimum Gasteiger partial charge on any atom is -0.353 e. The minimum absolute atomic E-state index is 0.0582. The summed E-state index contributed by atoms with van der Waals surface area (Å²) in [6, 6.07) is 7.03. The van der Waals surface area contributed by atoms with Gasteiger partial charge in [-0.2, -0.15) is 0 Å². The highest BCUT2D eigenvalue weighted by Gasteiger charge is 2.63. The van der Waals surface area contributed by atoms with Crippen LogP contribution in [0, 0.1) is 11.8 Å². The lowest BCUT2D eigenvalue weighted by Crippen LogP contribution is -2.48. The predicted octanol–water partition coefficient (Wildman–Crippen LogP) is 1.87. The number of benzene rings is 1. The second-order valence-corrected chi connectivity index (χ2v) is 6.75. The fourth-order valence-corrected chi connectivity index (χ4v) is 4.48. The Hall–Kier alpha value is -2.43. The van der Waals surface area contributed by atoms with E-state index in [0.29, 0.717) is 6.54 Å². The van der Waals surface area contributed by atoms with E-state index in [1.165, 1.54) is 11.8 Å². The van der Waals surface area contributed by atoms with Gasteiger partial charge in [-0.15, -0.1) is 0 Å². The molecule has 0 aliphatic carbocycles. The first-order valence-electron chi connectivity index (χ1n) is 8.47.